The molecule has 29 heteroatoms. The van der Waals surface area contributed by atoms with Crippen LogP contribution in [0.15, 0.2) is 11.6 Å². The van der Waals surface area contributed by atoms with Crippen LogP contribution in [0.3, 0.4) is 0 Å². The smallest absolute Gasteiger partial charge is 0.315 e. The van der Waals surface area contributed by atoms with Gasteiger partial charge in [-0.05, 0) is 116 Å². The van der Waals surface area contributed by atoms with Gasteiger partial charge in [0.25, 0.3) is 0 Å². The number of ether oxygens (including phenoxy) is 12. The van der Waals surface area contributed by atoms with Crippen molar-refractivity contribution in [1.29, 1.82) is 0 Å². The summed E-state index contributed by atoms with van der Waals surface area (Å²) in [6.45, 7) is 14.9. The van der Waals surface area contributed by atoms with Gasteiger partial charge in [-0.15, -0.1) is 0 Å². The third-order valence-corrected chi connectivity index (χ3v) is 24.4. The molecule has 5 aliphatic carbocycles. The van der Waals surface area contributed by atoms with E-state index in [1.165, 1.54) is 12.5 Å². The molecular weight excluding hydrogens is 1220 g/mol. The normalized spacial score (nSPS) is 54.3. The van der Waals surface area contributed by atoms with Crippen molar-refractivity contribution in [3.8, 4) is 0 Å². The highest BCUT2D eigenvalue weighted by Crippen LogP contribution is 2.76. The Balaban J connectivity index is 0.727. The number of carbonyl (C=O) groups is 1. The van der Waals surface area contributed by atoms with Crippen LogP contribution in [0, 0.1) is 50.2 Å². The monoisotopic (exact) mass is 1320 g/mol. The molecule has 0 amide bonds. The summed E-state index contributed by atoms with van der Waals surface area (Å²) in [5, 5.41) is 173. The Morgan fingerprint density at radius 3 is 1.71 bits per heavy atom. The molecule has 6 heterocycles. The van der Waals surface area contributed by atoms with Crippen LogP contribution in [0.25, 0.3) is 0 Å². The van der Waals surface area contributed by atoms with E-state index in [0.29, 0.717) is 32.1 Å². The maximum Gasteiger partial charge on any atom is 0.315 e. The van der Waals surface area contributed by atoms with Crippen LogP contribution in [0.1, 0.15) is 120 Å². The van der Waals surface area contributed by atoms with E-state index in [0.717, 1.165) is 32.1 Å². The van der Waals surface area contributed by atoms with Crippen LogP contribution in [-0.2, 0) is 61.6 Å². The summed E-state index contributed by atoms with van der Waals surface area (Å²) in [6.07, 6.45) is -34.7. The van der Waals surface area contributed by atoms with Crippen molar-refractivity contribution in [2.45, 2.75) is 292 Å². The summed E-state index contributed by atoms with van der Waals surface area (Å²) in [5.74, 6) is -0.321. The number of hydrogen-bond donors (Lipinski definition) is 16. The fourth-order valence-corrected chi connectivity index (χ4v) is 18.6. The number of esters is 1. The lowest BCUT2D eigenvalue weighted by Crippen LogP contribution is -2.66. The number of rotatable bonds is 14. The first-order valence-electron chi connectivity index (χ1n) is 32.9. The largest absolute Gasteiger partial charge is 0.432 e. The molecule has 11 aliphatic rings. The van der Waals surface area contributed by atoms with E-state index in [2.05, 4.69) is 54.5 Å². The number of carbonyl (C=O) groups excluding carboxylic acids is 1. The van der Waals surface area contributed by atoms with Gasteiger partial charge in [-0.1, -0.05) is 60.1 Å². The van der Waals surface area contributed by atoms with E-state index in [4.69, 9.17) is 56.8 Å². The second-order valence-electron chi connectivity index (χ2n) is 30.6. The Hall–Kier alpha value is -1.87. The minimum atomic E-state index is -1.99. The van der Waals surface area contributed by atoms with Crippen LogP contribution in [0.5, 0.6) is 0 Å². The molecule has 0 aromatic carbocycles. The highest BCUT2D eigenvalue weighted by atomic mass is 16.8. The molecule has 528 valence electrons. The first-order chi connectivity index (χ1) is 43.1. The Labute approximate surface area is 534 Å². The molecule has 10 fully saturated rings. The lowest BCUT2D eigenvalue weighted by atomic mass is 9.33. The van der Waals surface area contributed by atoms with E-state index >= 15 is 4.79 Å². The molecular formula is C63H102O29. The zero-order chi connectivity index (χ0) is 66.9. The first-order valence-corrected chi connectivity index (χ1v) is 32.9. The first kappa shape index (κ1) is 71.4. The van der Waals surface area contributed by atoms with E-state index in [1.807, 2.05) is 0 Å². The molecule has 16 N–H and O–H groups in total. The van der Waals surface area contributed by atoms with Crippen molar-refractivity contribution in [3.63, 3.8) is 0 Å². The molecule has 0 unspecified atom stereocenters. The van der Waals surface area contributed by atoms with E-state index < -0.39 is 216 Å². The van der Waals surface area contributed by atoms with Gasteiger partial charge in [-0.3, -0.25) is 4.79 Å². The summed E-state index contributed by atoms with van der Waals surface area (Å²) >= 11 is 0. The number of allylic oxidation sites excluding steroid dienone is 2. The van der Waals surface area contributed by atoms with E-state index in [1.54, 1.807) is 0 Å². The zero-order valence-corrected chi connectivity index (χ0v) is 53.5. The zero-order valence-electron chi connectivity index (χ0n) is 53.5. The fourth-order valence-electron chi connectivity index (χ4n) is 18.6. The van der Waals surface area contributed by atoms with Crippen LogP contribution < -0.4 is 0 Å². The average Bonchev–Trinajstić information content (AvgIpc) is 0.676. The number of hydrogen-bond acceptors (Lipinski definition) is 29. The molecule has 6 saturated heterocycles. The van der Waals surface area contributed by atoms with Gasteiger partial charge in [0.2, 0.25) is 6.29 Å². The highest BCUT2D eigenvalue weighted by Gasteiger charge is 2.70. The number of fused-ring (bicyclic) bond motifs is 7. The van der Waals surface area contributed by atoms with Gasteiger partial charge in [0.05, 0.1) is 50.7 Å². The summed E-state index contributed by atoms with van der Waals surface area (Å²) in [6, 6.07) is 0. The van der Waals surface area contributed by atoms with Crippen molar-refractivity contribution < 1.29 is 143 Å². The third-order valence-electron chi connectivity index (χ3n) is 24.4. The van der Waals surface area contributed by atoms with Crippen molar-refractivity contribution in [3.05, 3.63) is 11.6 Å². The Morgan fingerprint density at radius 1 is 0.511 bits per heavy atom. The average molecular weight is 1320 g/mol. The van der Waals surface area contributed by atoms with Crippen LogP contribution >= 0.6 is 0 Å². The minimum absolute atomic E-state index is 0.138. The van der Waals surface area contributed by atoms with Crippen molar-refractivity contribution in [1.82, 2.24) is 0 Å². The molecule has 29 nitrogen and oxygen atoms in total. The van der Waals surface area contributed by atoms with Gasteiger partial charge in [0.15, 0.2) is 31.5 Å². The maximum atomic E-state index is 15.3. The molecule has 0 radical (unpaired) electrons. The number of aliphatic hydroxyl groups excluding tert-OH is 16. The molecule has 0 aromatic heterocycles. The highest BCUT2D eigenvalue weighted by molar-refractivity contribution is 5.79. The van der Waals surface area contributed by atoms with Crippen LogP contribution in [-0.4, -0.2) is 293 Å². The third kappa shape index (κ3) is 12.3. The number of aliphatic hydroxyl groups is 16. The van der Waals surface area contributed by atoms with Gasteiger partial charge in [0, 0.05) is 0 Å². The molecule has 0 spiro atoms. The van der Waals surface area contributed by atoms with Gasteiger partial charge < -0.3 is 139 Å². The summed E-state index contributed by atoms with van der Waals surface area (Å²) in [4.78, 5) is 15.3. The van der Waals surface area contributed by atoms with Crippen LogP contribution in [0.4, 0.5) is 0 Å². The molecule has 35 atom stereocenters. The Kier molecular flexibility index (Phi) is 20.7. The topological polar surface area (TPSA) is 452 Å². The Morgan fingerprint density at radius 2 is 1.04 bits per heavy atom. The van der Waals surface area contributed by atoms with Crippen molar-refractivity contribution in [2.24, 2.45) is 50.2 Å². The van der Waals surface area contributed by atoms with Gasteiger partial charge >= 0.3 is 5.97 Å². The standard InChI is InChI=1S/C63H102O29/c1-25-48(89-56-44(76)40(72)38(70)32(87-56)24-84-51-42(74)36(68)28(65)21-81-51)41(73)45(77)54(85-25)91-50-30(67)22-82-52(46(50)78)90-49-29(66)23-83-53(47(49)79)92-57(80)63-17-15-58(2,3)19-27(63)26-9-10-34-60(6)13-12-35(88-55-43(75)39(71)37(69)31(20-64)86-55)59(4,5)33(60)11-14-62(34,8)61(26,7)16-18-63/h9,25,27-56,64-79H,10-24H2,1-8H3/t25-,27-,28-,29-,30+,31+,32+,33-,34+,35-,36-,37-,38-,39-,40-,41-,42+,43+,44+,45+,46+,47+,48-,49-,50-,51-,52-,53-,54-,55-,56-,60-,61+,62+,63-/m0/s1. The second kappa shape index (κ2) is 26.7. The fraction of sp³-hybridized carbons (Fsp3) is 0.952. The molecule has 92 heavy (non-hydrogen) atoms. The van der Waals surface area contributed by atoms with Gasteiger partial charge in [0.1, 0.15) is 122 Å². The van der Waals surface area contributed by atoms with Crippen molar-refractivity contribution >= 4 is 5.97 Å². The molecule has 4 saturated carbocycles. The summed E-state index contributed by atoms with van der Waals surface area (Å²) < 4.78 is 70.3. The second-order valence-corrected chi connectivity index (χ2v) is 30.6. The van der Waals surface area contributed by atoms with Crippen LogP contribution in [0.2, 0.25) is 0 Å². The lowest BCUT2D eigenvalue weighted by Gasteiger charge is -2.71. The lowest BCUT2D eigenvalue weighted by molar-refractivity contribution is -0.378. The van der Waals surface area contributed by atoms with E-state index in [9.17, 15) is 81.7 Å². The predicted molar refractivity (Wildman–Crippen MR) is 309 cm³/mol. The summed E-state index contributed by atoms with van der Waals surface area (Å²) in [7, 11) is 0. The molecule has 11 rings (SSSR count). The summed E-state index contributed by atoms with van der Waals surface area (Å²) in [5.41, 5.74) is -0.938. The van der Waals surface area contributed by atoms with Gasteiger partial charge in [-0.25, -0.2) is 0 Å². The van der Waals surface area contributed by atoms with Crippen molar-refractivity contribution in [2.75, 3.05) is 33.0 Å². The predicted octanol–water partition coefficient (Wildman–Crippen LogP) is -3.44. The SMILES string of the molecule is C[C@@H]1O[C@@H](O[C@@H]2[C@@H](O)[C@H](O[C@@H]3[C@@H](O)[C@H](OC(=O)[C@]45CCC(C)(C)C[C@H]4C4=CC[C@@H]6[C@@]7(C)CC[C@H](O[C@@H]8O[C@H](CO)[C@H](O)[C@H](O)[C@H]8O)C(C)(C)[C@@H]7CC[C@@]6(C)[C@]4(C)CC5)OC[C@@H]3O)OC[C@H]2O)[C@H](O)[C@H](O)[C@H]1O[C@@H]1O[C@H](CO[C@@H]2OC[C@H](O)[C@H](O)[C@H]2O)[C@H](O)[C@H](O)[C@H]1O. The van der Waals surface area contributed by atoms with E-state index in [-0.39, 0.29) is 45.5 Å². The molecule has 0 aromatic rings. The quantitative estimate of drug-likeness (QED) is 0.0457. The molecule has 0 bridgehead atoms. The Bertz CT molecular complexity index is 2580. The molecule has 6 aliphatic heterocycles. The van der Waals surface area contributed by atoms with Gasteiger partial charge in [-0.2, -0.15) is 0 Å². The minimum Gasteiger partial charge on any atom is -0.432 e. The maximum absolute atomic E-state index is 15.3.